The van der Waals surface area contributed by atoms with Crippen LogP contribution in [-0.4, -0.2) is 46.8 Å². The van der Waals surface area contributed by atoms with Crippen LogP contribution >= 0.6 is 0 Å². The van der Waals surface area contributed by atoms with Gasteiger partial charge in [0, 0.05) is 19.5 Å². The second kappa shape index (κ2) is 4.59. The number of rotatable bonds is 4. The van der Waals surface area contributed by atoms with Gasteiger partial charge in [0.1, 0.15) is 5.84 Å². The molecule has 0 aromatic heterocycles. The number of oxime groups is 1. The molecule has 0 aromatic rings. The van der Waals surface area contributed by atoms with E-state index in [1.165, 1.54) is 0 Å². The summed E-state index contributed by atoms with van der Waals surface area (Å²) in [6, 6.07) is 0. The number of piperidine rings is 1. The molecular weight excluding hydrogens is 206 g/mol. The third-order valence-electron chi connectivity index (χ3n) is 3.68. The van der Waals surface area contributed by atoms with Gasteiger partial charge in [-0.2, -0.15) is 0 Å². The van der Waals surface area contributed by atoms with Gasteiger partial charge in [-0.05, 0) is 37.6 Å². The second-order valence-corrected chi connectivity index (χ2v) is 5.30. The van der Waals surface area contributed by atoms with Gasteiger partial charge in [-0.1, -0.05) is 5.16 Å². The molecule has 0 amide bonds. The molecule has 92 valence electrons. The summed E-state index contributed by atoms with van der Waals surface area (Å²) in [6.07, 6.45) is 4.79. The van der Waals surface area contributed by atoms with Crippen LogP contribution in [0.2, 0.25) is 0 Å². The fourth-order valence-corrected chi connectivity index (χ4v) is 2.64. The van der Waals surface area contributed by atoms with E-state index < -0.39 is 0 Å². The van der Waals surface area contributed by atoms with Crippen LogP contribution in [0.5, 0.6) is 0 Å². The maximum absolute atomic E-state index is 9.59. The lowest BCUT2D eigenvalue weighted by Crippen LogP contribution is -2.42. The second-order valence-electron chi connectivity index (χ2n) is 5.30. The van der Waals surface area contributed by atoms with E-state index in [0.29, 0.717) is 12.3 Å². The first-order chi connectivity index (χ1) is 7.63. The highest BCUT2D eigenvalue weighted by Crippen LogP contribution is 2.49. The van der Waals surface area contributed by atoms with E-state index in [-0.39, 0.29) is 11.5 Å². The number of aliphatic hydroxyl groups is 1. The van der Waals surface area contributed by atoms with Crippen molar-refractivity contribution in [1.82, 2.24) is 4.90 Å². The van der Waals surface area contributed by atoms with E-state index in [0.717, 1.165) is 45.3 Å². The molecule has 1 atom stereocenters. The Bertz CT molecular complexity index is 276. The fraction of sp³-hybridized carbons (Fsp3) is 0.909. The maximum Gasteiger partial charge on any atom is 0.139 e. The quantitative estimate of drug-likeness (QED) is 0.280. The first kappa shape index (κ1) is 11.7. The lowest BCUT2D eigenvalue weighted by atomic mass is 9.99. The van der Waals surface area contributed by atoms with E-state index >= 15 is 0 Å². The van der Waals surface area contributed by atoms with Gasteiger partial charge in [0.25, 0.3) is 0 Å². The Hall–Kier alpha value is -0.810. The third kappa shape index (κ3) is 2.86. The summed E-state index contributed by atoms with van der Waals surface area (Å²) in [5.41, 5.74) is 5.78. The van der Waals surface area contributed by atoms with Crippen molar-refractivity contribution >= 4 is 5.84 Å². The van der Waals surface area contributed by atoms with Gasteiger partial charge < -0.3 is 20.9 Å². The largest absolute Gasteiger partial charge is 0.409 e. The van der Waals surface area contributed by atoms with Gasteiger partial charge in [-0.15, -0.1) is 0 Å². The van der Waals surface area contributed by atoms with Crippen LogP contribution in [0.15, 0.2) is 5.16 Å². The third-order valence-corrected chi connectivity index (χ3v) is 3.68. The molecule has 1 saturated carbocycles. The first-order valence-corrected chi connectivity index (χ1v) is 6.00. The molecule has 1 heterocycles. The van der Waals surface area contributed by atoms with Gasteiger partial charge >= 0.3 is 0 Å². The molecule has 1 saturated heterocycles. The van der Waals surface area contributed by atoms with Gasteiger partial charge in [0.05, 0.1) is 6.10 Å². The first-order valence-electron chi connectivity index (χ1n) is 6.00. The molecule has 2 rings (SSSR count). The Morgan fingerprint density at radius 1 is 1.50 bits per heavy atom. The van der Waals surface area contributed by atoms with E-state index in [9.17, 15) is 5.11 Å². The van der Waals surface area contributed by atoms with Gasteiger partial charge in [0.15, 0.2) is 0 Å². The number of nitrogens with zero attached hydrogens (tertiary/aromatic N) is 2. The Morgan fingerprint density at radius 2 is 2.25 bits per heavy atom. The summed E-state index contributed by atoms with van der Waals surface area (Å²) in [5, 5.41) is 21.2. The Morgan fingerprint density at radius 3 is 2.81 bits per heavy atom. The average molecular weight is 227 g/mol. The van der Waals surface area contributed by atoms with E-state index in [4.69, 9.17) is 10.9 Å². The van der Waals surface area contributed by atoms with Crippen molar-refractivity contribution in [2.45, 2.75) is 38.2 Å². The molecule has 2 aliphatic rings. The van der Waals surface area contributed by atoms with Crippen LogP contribution in [0.25, 0.3) is 0 Å². The van der Waals surface area contributed by atoms with Crippen molar-refractivity contribution in [3.63, 3.8) is 0 Å². The number of aliphatic hydroxyl groups excluding tert-OH is 1. The topological polar surface area (TPSA) is 82.1 Å². The highest BCUT2D eigenvalue weighted by molar-refractivity contribution is 5.80. The Balaban J connectivity index is 1.84. The zero-order valence-corrected chi connectivity index (χ0v) is 9.60. The molecule has 0 spiro atoms. The number of hydrogen-bond donors (Lipinski definition) is 3. The molecule has 5 nitrogen and oxygen atoms in total. The van der Waals surface area contributed by atoms with Crippen molar-refractivity contribution in [2.75, 3.05) is 19.6 Å². The molecule has 1 unspecified atom stereocenters. The van der Waals surface area contributed by atoms with Crippen LogP contribution in [-0.2, 0) is 0 Å². The molecule has 0 radical (unpaired) electrons. The zero-order chi connectivity index (χ0) is 11.6. The van der Waals surface area contributed by atoms with Crippen molar-refractivity contribution in [2.24, 2.45) is 16.3 Å². The number of likely N-dealkylation sites (tertiary alicyclic amines) is 1. The molecule has 0 aromatic carbocycles. The molecule has 5 heteroatoms. The Kier molecular flexibility index (Phi) is 3.35. The zero-order valence-electron chi connectivity index (χ0n) is 9.60. The number of amidine groups is 1. The smallest absolute Gasteiger partial charge is 0.139 e. The van der Waals surface area contributed by atoms with Crippen molar-refractivity contribution < 1.29 is 10.3 Å². The van der Waals surface area contributed by atoms with Crippen LogP contribution in [0, 0.1) is 5.41 Å². The monoisotopic (exact) mass is 227 g/mol. The standard InChI is InChI=1S/C11H21N3O2/c12-10(13-16)6-11(3-4-11)8-14-5-1-2-9(15)7-14/h9,15-16H,1-8H2,(H2,12,13). The fourth-order valence-electron chi connectivity index (χ4n) is 2.64. The van der Waals surface area contributed by atoms with Crippen LogP contribution in [0.4, 0.5) is 0 Å². The predicted octanol–water partition coefficient (Wildman–Crippen LogP) is 0.360. The van der Waals surface area contributed by atoms with E-state index in [1.807, 2.05) is 0 Å². The van der Waals surface area contributed by atoms with Crippen molar-refractivity contribution in [1.29, 1.82) is 0 Å². The van der Waals surface area contributed by atoms with Gasteiger partial charge in [-0.3, -0.25) is 0 Å². The molecule has 2 fully saturated rings. The lowest BCUT2D eigenvalue weighted by Gasteiger charge is -2.33. The Labute approximate surface area is 95.9 Å². The average Bonchev–Trinajstić information content (AvgIpc) is 2.97. The minimum absolute atomic E-state index is 0.173. The molecule has 16 heavy (non-hydrogen) atoms. The van der Waals surface area contributed by atoms with Crippen molar-refractivity contribution in [3.8, 4) is 0 Å². The normalized spacial score (nSPS) is 30.3. The van der Waals surface area contributed by atoms with Crippen LogP contribution in [0.3, 0.4) is 0 Å². The summed E-state index contributed by atoms with van der Waals surface area (Å²) < 4.78 is 0. The van der Waals surface area contributed by atoms with Crippen molar-refractivity contribution in [3.05, 3.63) is 0 Å². The van der Waals surface area contributed by atoms with Gasteiger partial charge in [-0.25, -0.2) is 0 Å². The van der Waals surface area contributed by atoms with Crippen LogP contribution < -0.4 is 5.73 Å². The maximum atomic E-state index is 9.59. The number of β-amino-alcohol motifs (C(OH)–C–C–N with tert-alkyl or cyclic N) is 1. The molecule has 1 aliphatic carbocycles. The minimum atomic E-state index is -0.173. The molecule has 4 N–H and O–H groups in total. The molecule has 0 bridgehead atoms. The number of nitrogens with two attached hydrogens (primary N) is 1. The summed E-state index contributed by atoms with van der Waals surface area (Å²) in [7, 11) is 0. The van der Waals surface area contributed by atoms with E-state index in [2.05, 4.69) is 10.1 Å². The summed E-state index contributed by atoms with van der Waals surface area (Å²) in [6.45, 7) is 2.81. The van der Waals surface area contributed by atoms with Gasteiger partial charge in [0.2, 0.25) is 0 Å². The SMILES string of the molecule is NC(CC1(CN2CCCC(O)C2)CC1)=NO. The predicted molar refractivity (Wildman–Crippen MR) is 61.4 cm³/mol. The van der Waals surface area contributed by atoms with E-state index in [1.54, 1.807) is 0 Å². The number of hydrogen-bond acceptors (Lipinski definition) is 4. The molecular formula is C11H21N3O2. The summed E-state index contributed by atoms with van der Waals surface area (Å²) in [4.78, 5) is 2.31. The minimum Gasteiger partial charge on any atom is -0.409 e. The van der Waals surface area contributed by atoms with Crippen LogP contribution in [0.1, 0.15) is 32.1 Å². The summed E-state index contributed by atoms with van der Waals surface area (Å²) >= 11 is 0. The summed E-state index contributed by atoms with van der Waals surface area (Å²) in [5.74, 6) is 0.329. The highest BCUT2D eigenvalue weighted by Gasteiger charge is 2.44. The lowest BCUT2D eigenvalue weighted by molar-refractivity contribution is 0.0599. The highest BCUT2D eigenvalue weighted by atomic mass is 16.4. The molecule has 1 aliphatic heterocycles.